The van der Waals surface area contributed by atoms with Crippen molar-refractivity contribution in [2.45, 2.75) is 32.1 Å². The van der Waals surface area contributed by atoms with Gasteiger partial charge in [-0.1, -0.05) is 12.1 Å². The van der Waals surface area contributed by atoms with Crippen LogP contribution in [0.25, 0.3) is 22.0 Å². The number of carbonyl (C=O) groups excluding carboxylic acids is 3. The van der Waals surface area contributed by atoms with Gasteiger partial charge in [0.05, 0.1) is 12.1 Å². The molecule has 3 aromatic heterocycles. The van der Waals surface area contributed by atoms with Crippen LogP contribution in [0, 0.1) is 0 Å². The van der Waals surface area contributed by atoms with E-state index in [0.717, 1.165) is 5.56 Å². The Balaban J connectivity index is 1.41. The summed E-state index contributed by atoms with van der Waals surface area (Å²) in [5.74, 6) is -0.888. The van der Waals surface area contributed by atoms with E-state index in [-0.39, 0.29) is 42.8 Å². The Morgan fingerprint density at radius 2 is 1.92 bits per heavy atom. The van der Waals surface area contributed by atoms with E-state index in [4.69, 9.17) is 5.73 Å². The zero-order chi connectivity index (χ0) is 27.0. The predicted octanol–water partition coefficient (Wildman–Crippen LogP) is 3.01. The number of hydrogen-bond acceptors (Lipinski definition) is 8. The summed E-state index contributed by atoms with van der Waals surface area (Å²) in [4.78, 5) is 52.0. The number of nitrogens with one attached hydrogen (secondary N) is 1. The van der Waals surface area contributed by atoms with Crippen molar-refractivity contribution in [1.82, 2.24) is 29.6 Å². The van der Waals surface area contributed by atoms with E-state index in [9.17, 15) is 18.8 Å². The number of alkyl halides is 1. The fraction of sp³-hybridized carbons (Fsp3) is 0.240. The molecule has 11 nitrogen and oxygen atoms in total. The maximum atomic E-state index is 14.4. The number of Topliss-reactive ketones (excluding diaryl/α,β-unsaturated/α-hetero) is 1. The van der Waals surface area contributed by atoms with Gasteiger partial charge >= 0.3 is 0 Å². The van der Waals surface area contributed by atoms with E-state index in [1.807, 2.05) is 0 Å². The SMILES string of the molecule is CC(=O)c1nn(CC(=O)N2C[C@H](F)C[C@H]2C(=O)Nc2cccc(Br)n2)c2ccc(-c3cnc(N)nc3)cc12. The van der Waals surface area contributed by atoms with Gasteiger partial charge < -0.3 is 16.0 Å². The molecule has 1 aliphatic heterocycles. The highest BCUT2D eigenvalue weighted by Crippen LogP contribution is 2.28. The van der Waals surface area contributed by atoms with Crippen LogP contribution >= 0.6 is 15.9 Å². The molecule has 0 saturated carbocycles. The molecule has 0 bridgehead atoms. The van der Waals surface area contributed by atoms with Gasteiger partial charge in [0, 0.05) is 36.7 Å². The summed E-state index contributed by atoms with van der Waals surface area (Å²) in [6, 6.07) is 9.28. The van der Waals surface area contributed by atoms with Gasteiger partial charge in [0.1, 0.15) is 34.9 Å². The first-order chi connectivity index (χ1) is 18.2. The van der Waals surface area contributed by atoms with Crippen LogP contribution in [0.4, 0.5) is 16.2 Å². The molecule has 0 unspecified atom stereocenters. The molecule has 2 atom stereocenters. The van der Waals surface area contributed by atoms with Gasteiger partial charge in [-0.2, -0.15) is 5.10 Å². The standard InChI is InChI=1S/C25H22BrFN8O3/c1-13(36)23-17-7-14(15-9-29-25(28)30-10-15)5-6-18(17)35(33-23)12-22(37)34-11-16(27)8-19(34)24(38)32-21-4-2-3-20(26)31-21/h2-7,9-10,16,19H,8,11-12H2,1H3,(H2,28,29,30)(H,31,32,38)/t16-,19+/m1/s1. The number of halogens is 2. The van der Waals surface area contributed by atoms with Crippen molar-refractivity contribution in [2.75, 3.05) is 17.6 Å². The molecule has 4 heterocycles. The minimum absolute atomic E-state index is 0.128. The maximum absolute atomic E-state index is 14.4. The highest BCUT2D eigenvalue weighted by atomic mass is 79.9. The third-order valence-corrected chi connectivity index (χ3v) is 6.66. The first-order valence-electron chi connectivity index (χ1n) is 11.7. The first-order valence-corrected chi connectivity index (χ1v) is 12.4. The minimum atomic E-state index is -1.35. The summed E-state index contributed by atoms with van der Waals surface area (Å²) in [7, 11) is 0. The van der Waals surface area contributed by atoms with Crippen LogP contribution in [0.1, 0.15) is 23.8 Å². The lowest BCUT2D eigenvalue weighted by molar-refractivity contribution is -0.137. The van der Waals surface area contributed by atoms with Crippen molar-refractivity contribution in [2.24, 2.45) is 0 Å². The van der Waals surface area contributed by atoms with Crippen LogP contribution in [-0.2, 0) is 16.1 Å². The Kier molecular flexibility index (Phi) is 6.85. The average molecular weight is 581 g/mol. The number of rotatable bonds is 6. The zero-order valence-corrected chi connectivity index (χ0v) is 21.7. The Morgan fingerprint density at radius 1 is 1.16 bits per heavy atom. The molecule has 0 spiro atoms. The lowest BCUT2D eigenvalue weighted by Gasteiger charge is -2.23. The fourth-order valence-corrected chi connectivity index (χ4v) is 4.79. The van der Waals surface area contributed by atoms with Crippen LogP contribution in [0.5, 0.6) is 0 Å². The van der Waals surface area contributed by atoms with E-state index in [2.05, 4.69) is 41.3 Å². The normalized spacial score (nSPS) is 17.1. The number of aromatic nitrogens is 5. The number of nitrogens with zero attached hydrogens (tertiary/aromatic N) is 6. The summed E-state index contributed by atoms with van der Waals surface area (Å²) in [6.07, 6.45) is 1.66. The molecular formula is C25H22BrFN8O3. The Morgan fingerprint density at radius 3 is 2.63 bits per heavy atom. The summed E-state index contributed by atoms with van der Waals surface area (Å²) < 4.78 is 16.3. The molecular weight excluding hydrogens is 559 g/mol. The molecule has 2 amide bonds. The number of anilines is 2. The Bertz CT molecular complexity index is 1560. The predicted molar refractivity (Wildman–Crippen MR) is 141 cm³/mol. The van der Waals surface area contributed by atoms with Gasteiger partial charge in [-0.05, 0) is 45.8 Å². The average Bonchev–Trinajstić information content (AvgIpc) is 3.45. The summed E-state index contributed by atoms with van der Waals surface area (Å²) >= 11 is 3.24. The second kappa shape index (κ2) is 10.2. The monoisotopic (exact) mass is 580 g/mol. The number of pyridine rings is 1. The molecule has 194 valence electrons. The van der Waals surface area contributed by atoms with E-state index < -0.39 is 24.0 Å². The largest absolute Gasteiger partial charge is 0.368 e. The molecule has 1 saturated heterocycles. The number of likely N-dealkylation sites (tertiary alicyclic amines) is 1. The van der Waals surface area contributed by atoms with Crippen molar-refractivity contribution in [1.29, 1.82) is 0 Å². The molecule has 4 aromatic rings. The second-order valence-corrected chi connectivity index (χ2v) is 9.67. The summed E-state index contributed by atoms with van der Waals surface area (Å²) in [5, 5.41) is 7.56. The van der Waals surface area contributed by atoms with Gasteiger partial charge in [0.25, 0.3) is 0 Å². The molecule has 13 heteroatoms. The van der Waals surface area contributed by atoms with Crippen molar-refractivity contribution in [3.8, 4) is 11.1 Å². The Labute approximate surface area is 224 Å². The van der Waals surface area contributed by atoms with Crippen LogP contribution in [0.15, 0.2) is 53.4 Å². The minimum Gasteiger partial charge on any atom is -0.368 e. The lowest BCUT2D eigenvalue weighted by atomic mass is 10.0. The lowest BCUT2D eigenvalue weighted by Crippen LogP contribution is -2.44. The third-order valence-electron chi connectivity index (χ3n) is 6.21. The number of hydrogen-bond donors (Lipinski definition) is 2. The second-order valence-electron chi connectivity index (χ2n) is 8.85. The van der Waals surface area contributed by atoms with E-state index >= 15 is 0 Å². The highest BCUT2D eigenvalue weighted by Gasteiger charge is 2.40. The number of nitrogens with two attached hydrogens (primary N) is 1. The van der Waals surface area contributed by atoms with Crippen LogP contribution in [-0.4, -0.2) is 66.0 Å². The van der Waals surface area contributed by atoms with Gasteiger partial charge in [0.15, 0.2) is 5.78 Å². The number of amides is 2. The maximum Gasteiger partial charge on any atom is 0.248 e. The van der Waals surface area contributed by atoms with Crippen molar-refractivity contribution < 1.29 is 18.8 Å². The molecule has 1 aliphatic rings. The fourth-order valence-electron chi connectivity index (χ4n) is 4.44. The third kappa shape index (κ3) is 5.09. The first kappa shape index (κ1) is 25.4. The zero-order valence-electron chi connectivity index (χ0n) is 20.1. The van der Waals surface area contributed by atoms with E-state index in [1.165, 1.54) is 16.5 Å². The highest BCUT2D eigenvalue weighted by molar-refractivity contribution is 9.10. The molecule has 1 aromatic carbocycles. The molecule has 38 heavy (non-hydrogen) atoms. The van der Waals surface area contributed by atoms with Crippen molar-refractivity contribution in [3.63, 3.8) is 0 Å². The van der Waals surface area contributed by atoms with Gasteiger partial charge in [-0.15, -0.1) is 0 Å². The molecule has 3 N–H and O–H groups in total. The number of carbonyl (C=O) groups is 3. The van der Waals surface area contributed by atoms with Crippen LogP contribution in [0.3, 0.4) is 0 Å². The number of benzene rings is 1. The molecule has 0 radical (unpaired) electrons. The van der Waals surface area contributed by atoms with Crippen LogP contribution in [0.2, 0.25) is 0 Å². The topological polar surface area (TPSA) is 149 Å². The molecule has 1 fully saturated rings. The number of fused-ring (bicyclic) bond motifs is 1. The number of ketones is 1. The van der Waals surface area contributed by atoms with Gasteiger partial charge in [-0.25, -0.2) is 19.3 Å². The molecule has 5 rings (SSSR count). The smallest absolute Gasteiger partial charge is 0.248 e. The quantitative estimate of drug-likeness (QED) is 0.261. The van der Waals surface area contributed by atoms with E-state index in [0.29, 0.717) is 21.1 Å². The summed E-state index contributed by atoms with van der Waals surface area (Å²) in [6.45, 7) is 0.889. The van der Waals surface area contributed by atoms with E-state index in [1.54, 1.807) is 48.8 Å². The van der Waals surface area contributed by atoms with Crippen LogP contribution < -0.4 is 11.1 Å². The van der Waals surface area contributed by atoms with Gasteiger partial charge in [-0.3, -0.25) is 19.1 Å². The molecule has 0 aliphatic carbocycles. The van der Waals surface area contributed by atoms with Crippen molar-refractivity contribution >= 4 is 56.2 Å². The van der Waals surface area contributed by atoms with Gasteiger partial charge in [0.2, 0.25) is 17.8 Å². The Hall–Kier alpha value is -4.26. The number of nitrogen functional groups attached to an aromatic ring is 1. The summed E-state index contributed by atoms with van der Waals surface area (Å²) in [5.41, 5.74) is 7.73. The van der Waals surface area contributed by atoms with Crippen molar-refractivity contribution in [3.05, 3.63) is 59.1 Å².